The Labute approximate surface area is 157 Å². The average molecular weight is 365 g/mol. The highest BCUT2D eigenvalue weighted by atomic mass is 16.4. The molecule has 7 nitrogen and oxygen atoms in total. The van der Waals surface area contributed by atoms with Crippen molar-refractivity contribution in [2.45, 2.75) is 20.4 Å². The molecule has 0 unspecified atom stereocenters. The second-order valence-corrected chi connectivity index (χ2v) is 7.08. The van der Waals surface area contributed by atoms with Gasteiger partial charge in [0.2, 0.25) is 5.95 Å². The SMILES string of the molecule is Cc1cnc(N2CCN(Cc3ccc4c(C)cc(=O)oc4c3)CC2)nc1N. The molecule has 0 atom stereocenters. The Morgan fingerprint density at radius 3 is 2.63 bits per heavy atom. The second kappa shape index (κ2) is 7.00. The van der Waals surface area contributed by atoms with Crippen LogP contribution >= 0.6 is 0 Å². The van der Waals surface area contributed by atoms with E-state index in [4.69, 9.17) is 10.2 Å². The summed E-state index contributed by atoms with van der Waals surface area (Å²) in [5.74, 6) is 1.23. The van der Waals surface area contributed by atoms with Crippen LogP contribution in [0.5, 0.6) is 0 Å². The smallest absolute Gasteiger partial charge is 0.336 e. The van der Waals surface area contributed by atoms with E-state index in [-0.39, 0.29) is 5.63 Å². The van der Waals surface area contributed by atoms with E-state index in [0.29, 0.717) is 17.3 Å². The molecule has 1 aromatic carbocycles. The second-order valence-electron chi connectivity index (χ2n) is 7.08. The van der Waals surface area contributed by atoms with Gasteiger partial charge in [0.25, 0.3) is 0 Å². The first-order valence-corrected chi connectivity index (χ1v) is 9.09. The number of hydrogen-bond acceptors (Lipinski definition) is 7. The van der Waals surface area contributed by atoms with Crippen molar-refractivity contribution in [3.8, 4) is 0 Å². The number of piperazine rings is 1. The molecule has 0 radical (unpaired) electrons. The number of hydrogen-bond donors (Lipinski definition) is 1. The lowest BCUT2D eigenvalue weighted by atomic mass is 10.1. The molecule has 27 heavy (non-hydrogen) atoms. The average Bonchev–Trinajstić information content (AvgIpc) is 2.64. The third kappa shape index (κ3) is 3.64. The molecular weight excluding hydrogens is 342 g/mol. The fourth-order valence-corrected chi connectivity index (χ4v) is 3.43. The predicted octanol–water partition coefficient (Wildman–Crippen LogP) is 2.10. The standard InChI is InChI=1S/C20H23N5O2/c1-13-9-18(26)27-17-10-15(3-4-16(13)17)12-24-5-7-25(8-6-24)20-22-11-14(2)19(21)23-20/h3-4,9-11H,5-8,12H2,1-2H3,(H2,21,22,23). The zero-order chi connectivity index (χ0) is 19.0. The summed E-state index contributed by atoms with van der Waals surface area (Å²) in [5, 5.41) is 0.984. The third-order valence-corrected chi connectivity index (χ3v) is 5.08. The van der Waals surface area contributed by atoms with Crippen molar-refractivity contribution in [1.82, 2.24) is 14.9 Å². The van der Waals surface area contributed by atoms with Crippen molar-refractivity contribution in [3.05, 3.63) is 57.6 Å². The number of nitrogens with zero attached hydrogens (tertiary/aromatic N) is 4. The van der Waals surface area contributed by atoms with E-state index < -0.39 is 0 Å². The minimum absolute atomic E-state index is 0.303. The molecular formula is C20H23N5O2. The highest BCUT2D eigenvalue weighted by Gasteiger charge is 2.19. The molecule has 1 aliphatic rings. The van der Waals surface area contributed by atoms with Crippen LogP contribution in [-0.2, 0) is 6.54 Å². The van der Waals surface area contributed by atoms with Crippen LogP contribution in [0.15, 0.2) is 39.7 Å². The summed E-state index contributed by atoms with van der Waals surface area (Å²) in [5.41, 5.74) is 9.24. The summed E-state index contributed by atoms with van der Waals surface area (Å²) in [4.78, 5) is 24.9. The van der Waals surface area contributed by atoms with Crippen molar-refractivity contribution in [3.63, 3.8) is 0 Å². The summed E-state index contributed by atoms with van der Waals surface area (Å²) in [7, 11) is 0. The first-order valence-electron chi connectivity index (χ1n) is 9.09. The first kappa shape index (κ1) is 17.5. The van der Waals surface area contributed by atoms with Gasteiger partial charge in [-0.2, -0.15) is 4.98 Å². The number of nitrogens with two attached hydrogens (primary N) is 1. The van der Waals surface area contributed by atoms with Crippen molar-refractivity contribution in [1.29, 1.82) is 0 Å². The van der Waals surface area contributed by atoms with Crippen LogP contribution in [-0.4, -0.2) is 41.0 Å². The van der Waals surface area contributed by atoms with Gasteiger partial charge in [-0.05, 0) is 31.0 Å². The molecule has 7 heteroatoms. The largest absolute Gasteiger partial charge is 0.423 e. The molecule has 1 fully saturated rings. The van der Waals surface area contributed by atoms with E-state index in [0.717, 1.165) is 54.8 Å². The molecule has 1 aliphatic heterocycles. The van der Waals surface area contributed by atoms with Gasteiger partial charge >= 0.3 is 5.63 Å². The van der Waals surface area contributed by atoms with E-state index in [1.165, 1.54) is 6.07 Å². The van der Waals surface area contributed by atoms with Crippen LogP contribution in [0.1, 0.15) is 16.7 Å². The van der Waals surface area contributed by atoms with Crippen molar-refractivity contribution < 1.29 is 4.42 Å². The normalized spacial score (nSPS) is 15.4. The summed E-state index contributed by atoms with van der Waals surface area (Å²) in [6, 6.07) is 7.63. The fraction of sp³-hybridized carbons (Fsp3) is 0.350. The Kier molecular flexibility index (Phi) is 4.53. The maximum absolute atomic E-state index is 11.6. The van der Waals surface area contributed by atoms with Crippen molar-refractivity contribution in [2.24, 2.45) is 0 Å². The summed E-state index contributed by atoms with van der Waals surface area (Å²) >= 11 is 0. The lowest BCUT2D eigenvalue weighted by Gasteiger charge is -2.34. The van der Waals surface area contributed by atoms with Crippen molar-refractivity contribution >= 4 is 22.7 Å². The molecule has 3 heterocycles. The van der Waals surface area contributed by atoms with Gasteiger partial charge in [-0.15, -0.1) is 0 Å². The third-order valence-electron chi connectivity index (χ3n) is 5.08. The van der Waals surface area contributed by atoms with Crippen LogP contribution in [0.2, 0.25) is 0 Å². The number of rotatable bonds is 3. The minimum atomic E-state index is -0.303. The molecule has 0 saturated carbocycles. The molecule has 4 rings (SSSR count). The first-order chi connectivity index (χ1) is 13.0. The van der Waals surface area contributed by atoms with E-state index in [1.54, 1.807) is 6.20 Å². The number of nitrogen functional groups attached to an aromatic ring is 1. The summed E-state index contributed by atoms with van der Waals surface area (Å²) in [6.07, 6.45) is 1.77. The Balaban J connectivity index is 1.44. The Morgan fingerprint density at radius 1 is 1.11 bits per heavy atom. The predicted molar refractivity (Wildman–Crippen MR) is 106 cm³/mol. The lowest BCUT2D eigenvalue weighted by molar-refractivity contribution is 0.248. The minimum Gasteiger partial charge on any atom is -0.423 e. The van der Waals surface area contributed by atoms with Crippen LogP contribution < -0.4 is 16.3 Å². The van der Waals surface area contributed by atoms with Gasteiger partial charge in [0.05, 0.1) is 0 Å². The topological polar surface area (TPSA) is 88.5 Å². The monoisotopic (exact) mass is 365 g/mol. The number of aryl methyl sites for hydroxylation is 2. The number of benzene rings is 1. The quantitative estimate of drug-likeness (QED) is 0.711. The molecule has 0 amide bonds. The zero-order valence-corrected chi connectivity index (χ0v) is 15.6. The fourth-order valence-electron chi connectivity index (χ4n) is 3.43. The molecule has 0 aliphatic carbocycles. The lowest BCUT2D eigenvalue weighted by Crippen LogP contribution is -2.46. The molecule has 1 saturated heterocycles. The van der Waals surface area contributed by atoms with Gasteiger partial charge < -0.3 is 15.1 Å². The highest BCUT2D eigenvalue weighted by molar-refractivity contribution is 5.80. The Bertz CT molecular complexity index is 1040. The van der Waals surface area contributed by atoms with Crippen LogP contribution in [0.4, 0.5) is 11.8 Å². The number of fused-ring (bicyclic) bond motifs is 1. The van der Waals surface area contributed by atoms with Crippen LogP contribution in [0.25, 0.3) is 11.0 Å². The van der Waals surface area contributed by atoms with E-state index in [2.05, 4.69) is 25.8 Å². The van der Waals surface area contributed by atoms with E-state index in [9.17, 15) is 4.79 Å². The molecule has 0 spiro atoms. The van der Waals surface area contributed by atoms with Crippen molar-refractivity contribution in [2.75, 3.05) is 36.8 Å². The van der Waals surface area contributed by atoms with Gasteiger partial charge in [0.1, 0.15) is 11.4 Å². The maximum Gasteiger partial charge on any atom is 0.336 e. The zero-order valence-electron chi connectivity index (χ0n) is 15.6. The molecule has 2 N–H and O–H groups in total. The van der Waals surface area contributed by atoms with Crippen LogP contribution in [0.3, 0.4) is 0 Å². The number of aromatic nitrogens is 2. The maximum atomic E-state index is 11.6. The summed E-state index contributed by atoms with van der Waals surface area (Å²) < 4.78 is 5.36. The van der Waals surface area contributed by atoms with E-state index in [1.807, 2.05) is 26.0 Å². The molecule has 0 bridgehead atoms. The van der Waals surface area contributed by atoms with E-state index >= 15 is 0 Å². The number of anilines is 2. The molecule has 140 valence electrons. The van der Waals surface area contributed by atoms with Gasteiger partial charge in [-0.3, -0.25) is 4.90 Å². The van der Waals surface area contributed by atoms with Crippen LogP contribution in [0, 0.1) is 13.8 Å². The van der Waals surface area contributed by atoms with Gasteiger partial charge in [-0.25, -0.2) is 9.78 Å². The highest BCUT2D eigenvalue weighted by Crippen LogP contribution is 2.20. The van der Waals surface area contributed by atoms with Gasteiger partial charge in [-0.1, -0.05) is 12.1 Å². The Hall–Kier alpha value is -2.93. The Morgan fingerprint density at radius 2 is 1.89 bits per heavy atom. The summed E-state index contributed by atoms with van der Waals surface area (Å²) in [6.45, 7) is 8.18. The molecule has 2 aromatic heterocycles. The molecule has 3 aromatic rings. The van der Waals surface area contributed by atoms with Gasteiger partial charge in [0, 0.05) is 55.9 Å². The van der Waals surface area contributed by atoms with Gasteiger partial charge in [0.15, 0.2) is 0 Å².